The number of carbonyl (C=O) groups is 3. The van der Waals surface area contributed by atoms with Gasteiger partial charge in [-0.05, 0) is 61.8 Å². The van der Waals surface area contributed by atoms with E-state index in [-0.39, 0.29) is 41.5 Å². The largest absolute Gasteiger partial charge is 0.327 e. The number of rotatable bonds is 10. The Kier molecular flexibility index (Phi) is 6.92. The van der Waals surface area contributed by atoms with Crippen molar-refractivity contribution < 1.29 is 14.4 Å². The van der Waals surface area contributed by atoms with Gasteiger partial charge in [0, 0.05) is 42.7 Å². The number of Topliss-reactive ketones (excluding diaryl/α,β-unsaturated/α-hetero) is 2. The standard InChI is InChI=1S/C30H37N5O3/c1-6-7-8-9-10-25(37)24-13-30(5)14-26(30)35(24)27(38)17-34-29-18(2)11-21(22-15-31-20(4)32-16-22)12-23(29)28(33-34)19(3)36/h11-12,15-16,24,26H,6-10,13-14,17H2,1-5H3/t24-,26+,30-/m0/s1. The van der Waals surface area contributed by atoms with E-state index < -0.39 is 0 Å². The lowest BCUT2D eigenvalue weighted by molar-refractivity contribution is -0.139. The smallest absolute Gasteiger partial charge is 0.245 e. The Morgan fingerprint density at radius 1 is 1.03 bits per heavy atom. The second-order valence-electron chi connectivity index (χ2n) is 11.4. The molecule has 5 rings (SSSR count). The van der Waals surface area contributed by atoms with Gasteiger partial charge in [0.05, 0.1) is 11.6 Å². The van der Waals surface area contributed by atoms with Crippen LogP contribution in [0.2, 0.25) is 0 Å². The topological polar surface area (TPSA) is 98.1 Å². The van der Waals surface area contributed by atoms with Crippen LogP contribution < -0.4 is 0 Å². The number of aromatic nitrogens is 4. The molecule has 0 bridgehead atoms. The van der Waals surface area contributed by atoms with Gasteiger partial charge in [0.2, 0.25) is 5.91 Å². The van der Waals surface area contributed by atoms with Crippen LogP contribution in [0.5, 0.6) is 0 Å². The van der Waals surface area contributed by atoms with Gasteiger partial charge in [0.1, 0.15) is 18.1 Å². The lowest BCUT2D eigenvalue weighted by Gasteiger charge is -2.27. The van der Waals surface area contributed by atoms with Gasteiger partial charge in [0.15, 0.2) is 11.6 Å². The van der Waals surface area contributed by atoms with Gasteiger partial charge >= 0.3 is 0 Å². The van der Waals surface area contributed by atoms with Crippen LogP contribution in [0, 0.1) is 19.3 Å². The molecule has 1 aliphatic carbocycles. The summed E-state index contributed by atoms with van der Waals surface area (Å²) in [6, 6.07) is 3.70. The molecule has 2 aromatic heterocycles. The number of ketones is 2. The van der Waals surface area contributed by atoms with Gasteiger partial charge in [-0.2, -0.15) is 5.10 Å². The monoisotopic (exact) mass is 515 g/mol. The third-order valence-corrected chi connectivity index (χ3v) is 8.34. The number of fused-ring (bicyclic) bond motifs is 2. The Hall–Kier alpha value is -3.42. The minimum Gasteiger partial charge on any atom is -0.327 e. The molecule has 200 valence electrons. The normalized spacial score (nSPS) is 22.1. The van der Waals surface area contributed by atoms with E-state index >= 15 is 0 Å². The van der Waals surface area contributed by atoms with E-state index in [4.69, 9.17) is 0 Å². The lowest BCUT2D eigenvalue weighted by atomic mass is 9.96. The molecule has 3 aromatic rings. The maximum Gasteiger partial charge on any atom is 0.245 e. The van der Waals surface area contributed by atoms with Crippen LogP contribution in [0.1, 0.15) is 87.6 Å². The second kappa shape index (κ2) is 10.0. The summed E-state index contributed by atoms with van der Waals surface area (Å²) >= 11 is 0. The molecule has 0 N–H and O–H groups in total. The minimum absolute atomic E-state index is 0.00377. The number of nitrogens with zero attached hydrogens (tertiary/aromatic N) is 5. The van der Waals surface area contributed by atoms with Crippen molar-refractivity contribution in [1.82, 2.24) is 24.6 Å². The van der Waals surface area contributed by atoms with E-state index in [9.17, 15) is 14.4 Å². The highest BCUT2D eigenvalue weighted by molar-refractivity contribution is 6.07. The maximum atomic E-state index is 13.8. The van der Waals surface area contributed by atoms with Gasteiger partial charge < -0.3 is 4.90 Å². The van der Waals surface area contributed by atoms with E-state index in [0.29, 0.717) is 23.3 Å². The zero-order chi connectivity index (χ0) is 27.2. The molecule has 0 radical (unpaired) electrons. The van der Waals surface area contributed by atoms with Crippen molar-refractivity contribution in [2.45, 2.75) is 98.2 Å². The molecule has 1 saturated carbocycles. The summed E-state index contributed by atoms with van der Waals surface area (Å²) in [7, 11) is 0. The van der Waals surface area contributed by atoms with Crippen LogP contribution in [0.3, 0.4) is 0 Å². The molecule has 3 atom stereocenters. The van der Waals surface area contributed by atoms with E-state index in [1.54, 1.807) is 17.1 Å². The van der Waals surface area contributed by atoms with Crippen LogP contribution in [0.25, 0.3) is 22.0 Å². The Labute approximate surface area is 223 Å². The summed E-state index contributed by atoms with van der Waals surface area (Å²) < 4.78 is 1.65. The Morgan fingerprint density at radius 2 is 1.76 bits per heavy atom. The summed E-state index contributed by atoms with van der Waals surface area (Å²) in [5.41, 5.74) is 3.80. The number of unbranched alkanes of at least 4 members (excludes halogenated alkanes) is 3. The fourth-order valence-corrected chi connectivity index (χ4v) is 6.12. The predicted molar refractivity (Wildman–Crippen MR) is 146 cm³/mol. The number of aryl methyl sites for hydroxylation is 2. The molecule has 2 aliphatic rings. The van der Waals surface area contributed by atoms with Gasteiger partial charge in [-0.15, -0.1) is 0 Å². The zero-order valence-electron chi connectivity index (χ0n) is 23.1. The molecule has 1 aromatic carbocycles. The van der Waals surface area contributed by atoms with Crippen LogP contribution in [0.4, 0.5) is 0 Å². The fraction of sp³-hybridized carbons (Fsp3) is 0.533. The van der Waals surface area contributed by atoms with Gasteiger partial charge in [-0.3, -0.25) is 19.1 Å². The van der Waals surface area contributed by atoms with Crippen molar-refractivity contribution in [3.8, 4) is 11.1 Å². The fourth-order valence-electron chi connectivity index (χ4n) is 6.12. The molecular formula is C30H37N5O3. The molecule has 38 heavy (non-hydrogen) atoms. The molecule has 0 spiro atoms. The number of piperidine rings is 1. The summed E-state index contributed by atoms with van der Waals surface area (Å²) in [4.78, 5) is 49.9. The molecule has 1 amide bonds. The number of amides is 1. The van der Waals surface area contributed by atoms with Crippen LogP contribution in [-0.4, -0.2) is 54.2 Å². The minimum atomic E-state index is -0.351. The molecule has 8 nitrogen and oxygen atoms in total. The number of hydrogen-bond acceptors (Lipinski definition) is 6. The van der Waals surface area contributed by atoms with Crippen molar-refractivity contribution in [1.29, 1.82) is 0 Å². The number of benzene rings is 1. The van der Waals surface area contributed by atoms with Crippen molar-refractivity contribution >= 4 is 28.4 Å². The summed E-state index contributed by atoms with van der Waals surface area (Å²) in [5, 5.41) is 5.32. The highest BCUT2D eigenvalue weighted by Crippen LogP contribution is 2.59. The average Bonchev–Trinajstić information content (AvgIpc) is 3.23. The molecular weight excluding hydrogens is 478 g/mol. The van der Waals surface area contributed by atoms with Crippen molar-refractivity contribution in [3.05, 3.63) is 41.6 Å². The Bertz CT molecular complexity index is 1410. The predicted octanol–water partition coefficient (Wildman–Crippen LogP) is 5.23. The van der Waals surface area contributed by atoms with Gasteiger partial charge in [-0.1, -0.05) is 33.1 Å². The Morgan fingerprint density at radius 3 is 2.45 bits per heavy atom. The first-order valence-corrected chi connectivity index (χ1v) is 13.8. The Balaban J connectivity index is 1.44. The molecule has 1 aliphatic heterocycles. The van der Waals surface area contributed by atoms with Crippen molar-refractivity contribution in [2.75, 3.05) is 0 Å². The summed E-state index contributed by atoms with van der Waals surface area (Å²) in [6.45, 7) is 9.63. The van der Waals surface area contributed by atoms with Crippen LogP contribution >= 0.6 is 0 Å². The highest BCUT2D eigenvalue weighted by Gasteiger charge is 2.64. The molecule has 1 saturated heterocycles. The first-order chi connectivity index (χ1) is 18.1. The van der Waals surface area contributed by atoms with E-state index in [0.717, 1.165) is 60.7 Å². The first-order valence-electron chi connectivity index (χ1n) is 13.8. The number of likely N-dealkylation sites (tertiary alicyclic amines) is 1. The third-order valence-electron chi connectivity index (χ3n) is 8.34. The van der Waals surface area contributed by atoms with E-state index in [2.05, 4.69) is 28.9 Å². The van der Waals surface area contributed by atoms with Gasteiger partial charge in [0.25, 0.3) is 0 Å². The van der Waals surface area contributed by atoms with Crippen molar-refractivity contribution in [2.24, 2.45) is 5.41 Å². The quantitative estimate of drug-likeness (QED) is 0.271. The molecule has 8 heteroatoms. The highest BCUT2D eigenvalue weighted by atomic mass is 16.2. The molecule has 3 heterocycles. The molecule has 0 unspecified atom stereocenters. The van der Waals surface area contributed by atoms with E-state index in [1.807, 2.05) is 30.9 Å². The number of carbonyl (C=O) groups excluding carboxylic acids is 3. The second-order valence-corrected chi connectivity index (χ2v) is 11.4. The van der Waals surface area contributed by atoms with Crippen LogP contribution in [-0.2, 0) is 16.1 Å². The van der Waals surface area contributed by atoms with Gasteiger partial charge in [-0.25, -0.2) is 9.97 Å². The average molecular weight is 516 g/mol. The number of hydrogen-bond donors (Lipinski definition) is 0. The van der Waals surface area contributed by atoms with Crippen LogP contribution in [0.15, 0.2) is 24.5 Å². The van der Waals surface area contributed by atoms with E-state index in [1.165, 1.54) is 6.92 Å². The maximum absolute atomic E-state index is 13.8. The SMILES string of the molecule is CCCCCCC(=O)[C@@H]1C[C@@]2(C)C[C@H]2N1C(=O)Cn1nc(C(C)=O)c2cc(-c3cnc(C)nc3)cc(C)c21. The zero-order valence-corrected chi connectivity index (χ0v) is 23.1. The third kappa shape index (κ3) is 4.76. The summed E-state index contributed by atoms with van der Waals surface area (Å²) in [5.74, 6) is 0.611. The first kappa shape index (κ1) is 26.2. The van der Waals surface area contributed by atoms with Crippen molar-refractivity contribution in [3.63, 3.8) is 0 Å². The lowest BCUT2D eigenvalue weighted by Crippen LogP contribution is -2.44. The molecule has 2 fully saturated rings. The summed E-state index contributed by atoms with van der Waals surface area (Å²) in [6.07, 6.45) is 9.94.